The molecule has 0 saturated heterocycles. The van der Waals surface area contributed by atoms with E-state index >= 15 is 0 Å². The van der Waals surface area contributed by atoms with Crippen molar-refractivity contribution in [1.82, 2.24) is 0 Å². The van der Waals surface area contributed by atoms with Gasteiger partial charge in [0, 0.05) is 62.2 Å². The normalized spacial score (nSPS) is 17.4. The Bertz CT molecular complexity index is 5970. The summed E-state index contributed by atoms with van der Waals surface area (Å²) in [5, 5.41) is 7.60. The van der Waals surface area contributed by atoms with Crippen LogP contribution in [-0.2, 0) is 16.2 Å². The van der Waals surface area contributed by atoms with Crippen LogP contribution in [0.5, 0.6) is 0 Å². The summed E-state index contributed by atoms with van der Waals surface area (Å²) in [6.07, 6.45) is 32.1. The molecule has 0 spiro atoms. The molecule has 0 saturated carbocycles. The van der Waals surface area contributed by atoms with Crippen LogP contribution < -0.4 is 9.80 Å². The first-order valence-corrected chi connectivity index (χ1v) is 36.8. The number of fused-ring (bicyclic) bond motifs is 13. The lowest BCUT2D eigenvalue weighted by Gasteiger charge is -2.35. The zero-order chi connectivity index (χ0) is 69.3. The van der Waals surface area contributed by atoms with Gasteiger partial charge in [-0.15, -0.1) is 0 Å². The molecule has 103 heavy (non-hydrogen) atoms. The van der Waals surface area contributed by atoms with Crippen molar-refractivity contribution in [3.63, 3.8) is 0 Å². The topological polar surface area (TPSA) is 6.48 Å². The maximum absolute atomic E-state index is 2.55. The van der Waals surface area contributed by atoms with Gasteiger partial charge >= 0.3 is 0 Å². The second-order valence-corrected chi connectivity index (χ2v) is 30.8. The van der Waals surface area contributed by atoms with Crippen molar-refractivity contribution in [3.8, 4) is 44.5 Å². The highest BCUT2D eigenvalue weighted by atomic mass is 15.2. The number of benzene rings is 13. The lowest BCUT2D eigenvalue weighted by atomic mass is 9.81. The summed E-state index contributed by atoms with van der Waals surface area (Å²) in [7, 11) is 0. The van der Waals surface area contributed by atoms with Crippen molar-refractivity contribution in [2.24, 2.45) is 5.92 Å². The van der Waals surface area contributed by atoms with E-state index in [4.69, 9.17) is 0 Å². The Morgan fingerprint density at radius 2 is 0.786 bits per heavy atom. The standard InChI is InChI=1S/C101H80N2/c1-99(2)93-57-65(29-31-67-35-53-89-91-55-49-81(63-97(91)100(3,4)95(89)59-67)102(79-47-37-69-17-7-9-21-75(69)61-79)77-43-39-73(40-44-77)85-27-15-23-71-19-11-13-25-83(71)85)33-51-87(93)88-52-34-66(58-94(88)99)30-32-68-36-54-90-92-56-50-82(64-98(92)101(5,6)96(90)60-68)103(80-48-38-70-18-8-10-22-76(70)62-80)78-45-41-74(42-46-78)86-28-16-24-72-20-12-14-26-84(72)86/h7-41,43-61,63-64,74,76H,42,62H2,1-6H3/b31-29+,32-30+. The zero-order valence-corrected chi connectivity index (χ0v) is 59.3. The molecule has 0 radical (unpaired) electrons. The minimum atomic E-state index is -0.229. The summed E-state index contributed by atoms with van der Waals surface area (Å²) in [6.45, 7) is 14.4. The molecule has 0 aromatic heterocycles. The highest BCUT2D eigenvalue weighted by Gasteiger charge is 2.40. The van der Waals surface area contributed by atoms with Crippen LogP contribution in [0, 0.1) is 5.92 Å². The van der Waals surface area contributed by atoms with Crippen LogP contribution in [0.2, 0.25) is 0 Å². The molecule has 2 heteroatoms. The molecule has 0 fully saturated rings. The van der Waals surface area contributed by atoms with Gasteiger partial charge in [-0.25, -0.2) is 0 Å². The largest absolute Gasteiger partial charge is 0.315 e. The molecule has 0 N–H and O–H groups in total. The van der Waals surface area contributed by atoms with Gasteiger partial charge in [-0.2, -0.15) is 0 Å². The van der Waals surface area contributed by atoms with Crippen LogP contribution in [0.4, 0.5) is 22.7 Å². The Hall–Kier alpha value is -11.8. The summed E-state index contributed by atoms with van der Waals surface area (Å²) >= 11 is 0. The van der Waals surface area contributed by atoms with Gasteiger partial charge in [0.05, 0.1) is 0 Å². The molecule has 2 nitrogen and oxygen atoms in total. The summed E-state index contributed by atoms with van der Waals surface area (Å²) in [5.74, 6) is 0.681. The first-order valence-electron chi connectivity index (χ1n) is 36.8. The Balaban J connectivity index is 0.561. The summed E-state index contributed by atoms with van der Waals surface area (Å²) in [4.78, 5) is 4.98. The van der Waals surface area contributed by atoms with Crippen LogP contribution in [0.15, 0.2) is 333 Å². The van der Waals surface area contributed by atoms with Crippen LogP contribution in [-0.4, -0.2) is 0 Å². The van der Waals surface area contributed by atoms with Gasteiger partial charge < -0.3 is 9.80 Å². The molecule has 13 aromatic carbocycles. The predicted molar refractivity (Wildman–Crippen MR) is 439 cm³/mol. The van der Waals surface area contributed by atoms with Crippen molar-refractivity contribution >= 4 is 79.4 Å². The molecule has 2 atom stereocenters. The van der Waals surface area contributed by atoms with E-state index in [2.05, 4.69) is 391 Å². The minimum absolute atomic E-state index is 0.176. The smallest absolute Gasteiger partial charge is 0.0468 e. The maximum atomic E-state index is 2.55. The Morgan fingerprint density at radius 3 is 1.35 bits per heavy atom. The molecule has 6 aliphatic rings. The first-order chi connectivity index (χ1) is 50.3. The molecule has 2 unspecified atom stereocenters. The number of anilines is 4. The van der Waals surface area contributed by atoms with E-state index in [1.54, 1.807) is 0 Å². The number of hydrogen-bond acceptors (Lipinski definition) is 2. The fourth-order valence-corrected chi connectivity index (χ4v) is 18.0. The second kappa shape index (κ2) is 24.2. The van der Waals surface area contributed by atoms with E-state index in [1.165, 1.54) is 161 Å². The fourth-order valence-electron chi connectivity index (χ4n) is 18.0. The van der Waals surface area contributed by atoms with E-state index in [1.807, 2.05) is 0 Å². The third-order valence-electron chi connectivity index (χ3n) is 23.7. The van der Waals surface area contributed by atoms with Gasteiger partial charge in [-0.1, -0.05) is 321 Å². The monoisotopic (exact) mass is 1320 g/mol. The molecule has 13 aromatic rings. The molecular formula is C101H80N2. The van der Waals surface area contributed by atoms with Crippen molar-refractivity contribution in [2.45, 2.75) is 76.5 Å². The SMILES string of the molecule is CC1(C)c2cc(/C=C/c3ccc4c(c3)C(C)(C)c3cc(N(C5=CCC(c6cccc7ccccc67)C=C5)C5=CC=C6C=CC=CC6C5)ccc3-4)ccc2-c2ccc(/C=C/c3ccc4c(c3)C(C)(C)c3cc(N(c5ccc(-c6cccc7ccccc67)cc5)c5ccc6ccccc6c5)ccc3-4)cc21. The van der Waals surface area contributed by atoms with E-state index in [-0.39, 0.29) is 16.2 Å². The maximum Gasteiger partial charge on any atom is 0.0468 e. The third-order valence-corrected chi connectivity index (χ3v) is 23.7. The molecule has 0 heterocycles. The van der Waals surface area contributed by atoms with Gasteiger partial charge in [-0.3, -0.25) is 0 Å². The van der Waals surface area contributed by atoms with Gasteiger partial charge in [-0.05, 0) is 217 Å². The quantitative estimate of drug-likeness (QED) is 0.113. The van der Waals surface area contributed by atoms with E-state index in [0.717, 1.165) is 29.9 Å². The molecule has 19 rings (SSSR count). The van der Waals surface area contributed by atoms with Crippen LogP contribution in [0.3, 0.4) is 0 Å². The van der Waals surface area contributed by atoms with E-state index in [0.29, 0.717) is 11.8 Å². The summed E-state index contributed by atoms with van der Waals surface area (Å²) < 4.78 is 0. The molecule has 0 amide bonds. The second-order valence-electron chi connectivity index (χ2n) is 30.8. The highest BCUT2D eigenvalue weighted by Crippen LogP contribution is 2.55. The number of hydrogen-bond donors (Lipinski definition) is 0. The molecule has 0 bridgehead atoms. The van der Waals surface area contributed by atoms with Crippen LogP contribution in [0.25, 0.3) is 101 Å². The highest BCUT2D eigenvalue weighted by molar-refractivity contribution is 5.98. The van der Waals surface area contributed by atoms with E-state index < -0.39 is 0 Å². The summed E-state index contributed by atoms with van der Waals surface area (Å²) in [5.41, 5.74) is 32.7. The molecule has 6 aliphatic carbocycles. The number of allylic oxidation sites excluding steroid dienone is 11. The molecular weight excluding hydrogens is 1240 g/mol. The lowest BCUT2D eigenvalue weighted by molar-refractivity contribution is 0.659. The van der Waals surface area contributed by atoms with E-state index in [9.17, 15) is 0 Å². The van der Waals surface area contributed by atoms with Crippen molar-refractivity contribution < 1.29 is 0 Å². The average molecular weight is 1320 g/mol. The zero-order valence-electron chi connectivity index (χ0n) is 59.3. The predicted octanol–water partition coefficient (Wildman–Crippen LogP) is 26.9. The van der Waals surface area contributed by atoms with Crippen LogP contribution >= 0.6 is 0 Å². The lowest BCUT2D eigenvalue weighted by Crippen LogP contribution is -2.26. The Kier molecular flexibility index (Phi) is 14.6. The van der Waals surface area contributed by atoms with Crippen molar-refractivity contribution in [2.75, 3.05) is 9.80 Å². The number of nitrogens with zero attached hydrogens (tertiary/aromatic N) is 2. The first kappa shape index (κ1) is 62.2. The van der Waals surface area contributed by atoms with Crippen LogP contribution in [0.1, 0.15) is 121 Å². The van der Waals surface area contributed by atoms with Gasteiger partial charge in [0.1, 0.15) is 0 Å². The number of rotatable bonds is 12. The van der Waals surface area contributed by atoms with Gasteiger partial charge in [0.2, 0.25) is 0 Å². The molecule has 494 valence electrons. The molecule has 0 aliphatic heterocycles. The Labute approximate surface area is 606 Å². The van der Waals surface area contributed by atoms with Gasteiger partial charge in [0.25, 0.3) is 0 Å². The van der Waals surface area contributed by atoms with Crippen molar-refractivity contribution in [3.05, 3.63) is 394 Å². The summed E-state index contributed by atoms with van der Waals surface area (Å²) in [6, 6.07) is 98.2. The Morgan fingerprint density at radius 1 is 0.330 bits per heavy atom. The van der Waals surface area contributed by atoms with Crippen molar-refractivity contribution in [1.29, 1.82) is 0 Å². The minimum Gasteiger partial charge on any atom is -0.315 e. The average Bonchev–Trinajstić information content (AvgIpc) is 1.59. The van der Waals surface area contributed by atoms with Gasteiger partial charge in [0.15, 0.2) is 0 Å². The fraction of sp³-hybridized carbons (Fsp3) is 0.129. The third kappa shape index (κ3) is 10.5.